The lowest BCUT2D eigenvalue weighted by atomic mass is 9.95. The first-order valence-corrected chi connectivity index (χ1v) is 6.90. The minimum absolute atomic E-state index is 0.555. The van der Waals surface area contributed by atoms with Crippen LogP contribution in [-0.2, 0) is 0 Å². The zero-order valence-electron chi connectivity index (χ0n) is 11.3. The quantitative estimate of drug-likeness (QED) is 0.839. The standard InChI is InChI=1S/C15H24N2O/c1-18-15-6-4-13(5-7-15)14(8-9-16)12-17-10-2-3-11-17/h4-7,14H,2-3,8-12,16H2,1H3. The zero-order valence-corrected chi connectivity index (χ0v) is 11.3. The van der Waals surface area contributed by atoms with Crippen molar-refractivity contribution in [2.24, 2.45) is 5.73 Å². The van der Waals surface area contributed by atoms with E-state index in [4.69, 9.17) is 10.5 Å². The van der Waals surface area contributed by atoms with Crippen molar-refractivity contribution >= 4 is 0 Å². The fourth-order valence-corrected chi connectivity index (χ4v) is 2.72. The lowest BCUT2D eigenvalue weighted by Gasteiger charge is -2.23. The summed E-state index contributed by atoms with van der Waals surface area (Å²) in [6.45, 7) is 4.39. The molecule has 0 aromatic heterocycles. The van der Waals surface area contributed by atoms with E-state index in [2.05, 4.69) is 17.0 Å². The summed E-state index contributed by atoms with van der Waals surface area (Å²) in [6, 6.07) is 8.44. The molecule has 100 valence electrons. The Kier molecular flexibility index (Phi) is 5.02. The molecule has 3 nitrogen and oxygen atoms in total. The second-order valence-electron chi connectivity index (χ2n) is 5.06. The van der Waals surface area contributed by atoms with Crippen molar-refractivity contribution in [2.45, 2.75) is 25.2 Å². The lowest BCUT2D eigenvalue weighted by molar-refractivity contribution is 0.308. The van der Waals surface area contributed by atoms with Crippen LogP contribution in [0.5, 0.6) is 5.75 Å². The lowest BCUT2D eigenvalue weighted by Crippen LogP contribution is -2.26. The van der Waals surface area contributed by atoms with Gasteiger partial charge >= 0.3 is 0 Å². The molecule has 0 aliphatic carbocycles. The monoisotopic (exact) mass is 248 g/mol. The number of likely N-dealkylation sites (tertiary alicyclic amines) is 1. The highest BCUT2D eigenvalue weighted by Gasteiger charge is 2.18. The zero-order chi connectivity index (χ0) is 12.8. The van der Waals surface area contributed by atoms with Crippen molar-refractivity contribution in [3.63, 3.8) is 0 Å². The predicted molar refractivity (Wildman–Crippen MR) is 75.1 cm³/mol. The van der Waals surface area contributed by atoms with Crippen LogP contribution in [0.4, 0.5) is 0 Å². The van der Waals surface area contributed by atoms with Gasteiger partial charge in [0.25, 0.3) is 0 Å². The van der Waals surface area contributed by atoms with Crippen LogP contribution in [-0.4, -0.2) is 38.2 Å². The molecule has 18 heavy (non-hydrogen) atoms. The highest BCUT2D eigenvalue weighted by atomic mass is 16.5. The summed E-state index contributed by atoms with van der Waals surface area (Å²) in [5.41, 5.74) is 7.14. The third-order valence-corrected chi connectivity index (χ3v) is 3.78. The molecule has 1 heterocycles. The number of ether oxygens (including phenoxy) is 1. The van der Waals surface area contributed by atoms with Gasteiger partial charge in [-0.15, -0.1) is 0 Å². The molecule has 0 saturated carbocycles. The van der Waals surface area contributed by atoms with Crippen LogP contribution in [0.2, 0.25) is 0 Å². The summed E-state index contributed by atoms with van der Waals surface area (Å²) >= 11 is 0. The molecule has 2 rings (SSSR count). The Labute approximate surface area is 110 Å². The third kappa shape index (κ3) is 3.47. The van der Waals surface area contributed by atoms with Gasteiger partial charge in [-0.2, -0.15) is 0 Å². The molecule has 1 aromatic carbocycles. The maximum atomic E-state index is 5.75. The molecule has 1 aromatic rings. The van der Waals surface area contributed by atoms with Crippen molar-refractivity contribution < 1.29 is 4.74 Å². The average molecular weight is 248 g/mol. The van der Waals surface area contributed by atoms with Gasteiger partial charge in [0.1, 0.15) is 5.75 Å². The van der Waals surface area contributed by atoms with Crippen molar-refractivity contribution in [1.29, 1.82) is 0 Å². The number of nitrogens with two attached hydrogens (primary N) is 1. The average Bonchev–Trinajstić information content (AvgIpc) is 2.91. The van der Waals surface area contributed by atoms with E-state index in [1.54, 1.807) is 7.11 Å². The molecule has 1 aliphatic heterocycles. The first-order chi connectivity index (χ1) is 8.83. The van der Waals surface area contributed by atoms with E-state index < -0.39 is 0 Å². The van der Waals surface area contributed by atoms with E-state index in [1.165, 1.54) is 31.5 Å². The summed E-state index contributed by atoms with van der Waals surface area (Å²) < 4.78 is 5.21. The van der Waals surface area contributed by atoms with Crippen LogP contribution in [0.1, 0.15) is 30.7 Å². The van der Waals surface area contributed by atoms with Gasteiger partial charge in [-0.3, -0.25) is 0 Å². The minimum atomic E-state index is 0.555. The largest absolute Gasteiger partial charge is 0.497 e. The van der Waals surface area contributed by atoms with E-state index >= 15 is 0 Å². The molecule has 2 N–H and O–H groups in total. The van der Waals surface area contributed by atoms with Gasteiger partial charge in [0.15, 0.2) is 0 Å². The molecular formula is C15H24N2O. The summed E-state index contributed by atoms with van der Waals surface area (Å²) in [5, 5.41) is 0. The van der Waals surface area contributed by atoms with Gasteiger partial charge in [0, 0.05) is 6.54 Å². The number of methoxy groups -OCH3 is 1. The summed E-state index contributed by atoms with van der Waals surface area (Å²) in [7, 11) is 1.70. The van der Waals surface area contributed by atoms with Crippen LogP contribution < -0.4 is 10.5 Å². The highest BCUT2D eigenvalue weighted by Crippen LogP contribution is 2.24. The maximum absolute atomic E-state index is 5.75. The van der Waals surface area contributed by atoms with Gasteiger partial charge in [0.05, 0.1) is 7.11 Å². The smallest absolute Gasteiger partial charge is 0.118 e. The molecule has 1 aliphatic rings. The number of hydrogen-bond donors (Lipinski definition) is 1. The molecule has 0 spiro atoms. The van der Waals surface area contributed by atoms with Crippen molar-refractivity contribution in [3.05, 3.63) is 29.8 Å². The number of nitrogens with zero attached hydrogens (tertiary/aromatic N) is 1. The first kappa shape index (κ1) is 13.4. The Bertz CT molecular complexity index is 344. The number of benzene rings is 1. The van der Waals surface area contributed by atoms with Crippen LogP contribution in [0, 0.1) is 0 Å². The van der Waals surface area contributed by atoms with Crippen LogP contribution in [0.15, 0.2) is 24.3 Å². The van der Waals surface area contributed by atoms with Crippen LogP contribution >= 0.6 is 0 Å². The fraction of sp³-hybridized carbons (Fsp3) is 0.600. The molecule has 1 saturated heterocycles. The normalized spacial score (nSPS) is 17.9. The van der Waals surface area contributed by atoms with Gasteiger partial charge in [-0.05, 0) is 62.5 Å². The summed E-state index contributed by atoms with van der Waals surface area (Å²) in [6.07, 6.45) is 3.75. The van der Waals surface area contributed by atoms with Crippen molar-refractivity contribution in [3.8, 4) is 5.75 Å². The van der Waals surface area contributed by atoms with Gasteiger partial charge < -0.3 is 15.4 Å². The molecule has 1 atom stereocenters. The second-order valence-corrected chi connectivity index (χ2v) is 5.06. The van der Waals surface area contributed by atoms with Gasteiger partial charge in [0.2, 0.25) is 0 Å². The van der Waals surface area contributed by atoms with Gasteiger partial charge in [-0.1, -0.05) is 12.1 Å². The SMILES string of the molecule is COc1ccc(C(CCN)CN2CCCC2)cc1. The van der Waals surface area contributed by atoms with E-state index in [9.17, 15) is 0 Å². The molecule has 1 unspecified atom stereocenters. The Morgan fingerprint density at radius 3 is 2.44 bits per heavy atom. The Morgan fingerprint density at radius 2 is 1.89 bits per heavy atom. The molecule has 3 heteroatoms. The third-order valence-electron chi connectivity index (χ3n) is 3.78. The molecule has 1 fully saturated rings. The number of hydrogen-bond acceptors (Lipinski definition) is 3. The van der Waals surface area contributed by atoms with Crippen LogP contribution in [0.3, 0.4) is 0 Å². The minimum Gasteiger partial charge on any atom is -0.497 e. The fourth-order valence-electron chi connectivity index (χ4n) is 2.72. The van der Waals surface area contributed by atoms with E-state index in [0.717, 1.165) is 25.3 Å². The van der Waals surface area contributed by atoms with Crippen LogP contribution in [0.25, 0.3) is 0 Å². The second kappa shape index (κ2) is 6.76. The maximum Gasteiger partial charge on any atom is 0.118 e. The van der Waals surface area contributed by atoms with E-state index in [-0.39, 0.29) is 0 Å². The first-order valence-electron chi connectivity index (χ1n) is 6.90. The van der Waals surface area contributed by atoms with E-state index in [0.29, 0.717) is 5.92 Å². The molecule has 0 amide bonds. The highest BCUT2D eigenvalue weighted by molar-refractivity contribution is 5.29. The predicted octanol–water partition coefficient (Wildman–Crippen LogP) is 2.22. The summed E-state index contributed by atoms with van der Waals surface area (Å²) in [4.78, 5) is 2.56. The van der Waals surface area contributed by atoms with Crippen molar-refractivity contribution in [1.82, 2.24) is 4.90 Å². The van der Waals surface area contributed by atoms with Crippen molar-refractivity contribution in [2.75, 3.05) is 33.3 Å². The Balaban J connectivity index is 2.02. The Morgan fingerprint density at radius 1 is 1.22 bits per heavy atom. The molecule has 0 bridgehead atoms. The van der Waals surface area contributed by atoms with E-state index in [1.807, 2.05) is 12.1 Å². The molecular weight excluding hydrogens is 224 g/mol. The summed E-state index contributed by atoms with van der Waals surface area (Å²) in [5.74, 6) is 1.48. The Hall–Kier alpha value is -1.06. The molecule has 0 radical (unpaired) electrons. The number of rotatable bonds is 6. The topological polar surface area (TPSA) is 38.5 Å². The van der Waals surface area contributed by atoms with Gasteiger partial charge in [-0.25, -0.2) is 0 Å².